The minimum absolute atomic E-state index is 0.370. The molecule has 0 spiro atoms. The molecule has 2 nitrogen and oxygen atoms in total. The summed E-state index contributed by atoms with van der Waals surface area (Å²) in [6.45, 7) is 1.62. The van der Waals surface area contributed by atoms with Gasteiger partial charge in [0.1, 0.15) is 5.82 Å². The van der Waals surface area contributed by atoms with E-state index in [1.807, 2.05) is 0 Å². The highest BCUT2D eigenvalue weighted by atomic mass is 19.1. The van der Waals surface area contributed by atoms with E-state index in [9.17, 15) is 9.18 Å². The number of hydrogen-bond donors (Lipinski definition) is 0. The summed E-state index contributed by atoms with van der Waals surface area (Å²) in [5, 5.41) is 0. The first-order valence-corrected chi connectivity index (χ1v) is 3.99. The molecule has 0 aromatic heterocycles. The van der Waals surface area contributed by atoms with Crippen LogP contribution in [0.3, 0.4) is 0 Å². The normalized spacial score (nSPS) is 12.2. The van der Waals surface area contributed by atoms with Gasteiger partial charge in [-0.2, -0.15) is 0 Å². The summed E-state index contributed by atoms with van der Waals surface area (Å²) in [5.74, 6) is -1.35. The summed E-state index contributed by atoms with van der Waals surface area (Å²) >= 11 is 0. The molecule has 0 radical (unpaired) electrons. The van der Waals surface area contributed by atoms with E-state index in [-0.39, 0.29) is 5.82 Å². The summed E-state index contributed by atoms with van der Waals surface area (Å²) in [4.78, 5) is 11.1. The fourth-order valence-corrected chi connectivity index (χ4v) is 1.13. The zero-order valence-electron chi connectivity index (χ0n) is 7.58. The SMILES string of the molecule is COC(=O)C(C)c1ccccc1F. The van der Waals surface area contributed by atoms with Gasteiger partial charge in [-0.25, -0.2) is 4.39 Å². The summed E-state index contributed by atoms with van der Waals surface area (Å²) in [6.07, 6.45) is 0. The predicted molar refractivity (Wildman–Crippen MR) is 46.8 cm³/mol. The van der Waals surface area contributed by atoms with E-state index in [1.54, 1.807) is 25.1 Å². The van der Waals surface area contributed by atoms with Gasteiger partial charge in [-0.3, -0.25) is 4.79 Å². The standard InChI is InChI=1S/C10H11FO2/c1-7(10(12)13-2)8-5-3-4-6-9(8)11/h3-7H,1-2H3. The van der Waals surface area contributed by atoms with Crippen LogP contribution in [0.2, 0.25) is 0 Å². The molecule has 13 heavy (non-hydrogen) atoms. The highest BCUT2D eigenvalue weighted by Crippen LogP contribution is 2.19. The van der Waals surface area contributed by atoms with Crippen LogP contribution in [0.4, 0.5) is 4.39 Å². The minimum Gasteiger partial charge on any atom is -0.469 e. The summed E-state index contributed by atoms with van der Waals surface area (Å²) < 4.78 is 17.6. The Labute approximate surface area is 76.3 Å². The summed E-state index contributed by atoms with van der Waals surface area (Å²) in [6, 6.07) is 6.19. The Morgan fingerprint density at radius 3 is 2.62 bits per heavy atom. The molecule has 0 fully saturated rings. The Bertz CT molecular complexity index is 310. The molecule has 70 valence electrons. The van der Waals surface area contributed by atoms with Crippen LogP contribution in [-0.4, -0.2) is 13.1 Å². The van der Waals surface area contributed by atoms with E-state index >= 15 is 0 Å². The van der Waals surface area contributed by atoms with Crippen molar-refractivity contribution in [3.63, 3.8) is 0 Å². The summed E-state index contributed by atoms with van der Waals surface area (Å²) in [7, 11) is 1.29. The molecule has 0 aliphatic carbocycles. The van der Waals surface area contributed by atoms with E-state index in [0.717, 1.165) is 0 Å². The molecule has 3 heteroatoms. The van der Waals surface area contributed by atoms with Crippen LogP contribution >= 0.6 is 0 Å². The molecule has 0 saturated heterocycles. The molecular formula is C10H11FO2. The van der Waals surface area contributed by atoms with E-state index in [2.05, 4.69) is 4.74 Å². The smallest absolute Gasteiger partial charge is 0.312 e. The number of halogens is 1. The van der Waals surface area contributed by atoms with Gasteiger partial charge in [-0.05, 0) is 13.0 Å². The number of hydrogen-bond acceptors (Lipinski definition) is 2. The predicted octanol–water partition coefficient (Wildman–Crippen LogP) is 2.10. The second-order valence-electron chi connectivity index (χ2n) is 2.77. The van der Waals surface area contributed by atoms with Crippen molar-refractivity contribution in [2.45, 2.75) is 12.8 Å². The number of carbonyl (C=O) groups excluding carboxylic acids is 1. The Kier molecular flexibility index (Phi) is 3.01. The van der Waals surface area contributed by atoms with Crippen LogP contribution in [0.1, 0.15) is 18.4 Å². The molecule has 1 unspecified atom stereocenters. The number of methoxy groups -OCH3 is 1. The lowest BCUT2D eigenvalue weighted by Crippen LogP contribution is -2.12. The van der Waals surface area contributed by atoms with Crippen LogP contribution in [0.15, 0.2) is 24.3 Å². The first-order valence-electron chi connectivity index (χ1n) is 3.99. The highest BCUT2D eigenvalue weighted by Gasteiger charge is 2.18. The van der Waals surface area contributed by atoms with Crippen LogP contribution in [0.5, 0.6) is 0 Å². The largest absolute Gasteiger partial charge is 0.469 e. The number of rotatable bonds is 2. The van der Waals surface area contributed by atoms with Gasteiger partial charge in [0, 0.05) is 5.56 Å². The number of esters is 1. The highest BCUT2D eigenvalue weighted by molar-refractivity contribution is 5.77. The molecule has 1 rings (SSSR count). The fourth-order valence-electron chi connectivity index (χ4n) is 1.13. The third kappa shape index (κ3) is 2.05. The van der Waals surface area contributed by atoms with Gasteiger partial charge >= 0.3 is 5.97 Å². The lowest BCUT2D eigenvalue weighted by Gasteiger charge is -2.09. The first-order chi connectivity index (χ1) is 6.16. The molecule has 0 amide bonds. The van der Waals surface area contributed by atoms with Crippen LogP contribution in [0.25, 0.3) is 0 Å². The van der Waals surface area contributed by atoms with Gasteiger partial charge in [0.15, 0.2) is 0 Å². The van der Waals surface area contributed by atoms with Crippen molar-refractivity contribution < 1.29 is 13.9 Å². The van der Waals surface area contributed by atoms with Gasteiger partial charge in [0.05, 0.1) is 13.0 Å². The van der Waals surface area contributed by atoms with Gasteiger partial charge in [-0.15, -0.1) is 0 Å². The molecule has 0 saturated carbocycles. The molecule has 0 bridgehead atoms. The van der Waals surface area contributed by atoms with Crippen molar-refractivity contribution >= 4 is 5.97 Å². The Morgan fingerprint density at radius 2 is 2.08 bits per heavy atom. The van der Waals surface area contributed by atoms with Gasteiger partial charge in [0.2, 0.25) is 0 Å². The van der Waals surface area contributed by atoms with E-state index in [0.29, 0.717) is 5.56 Å². The maximum Gasteiger partial charge on any atom is 0.312 e. The van der Waals surface area contributed by atoms with Crippen molar-refractivity contribution in [3.05, 3.63) is 35.6 Å². The molecule has 1 aromatic rings. The third-order valence-electron chi connectivity index (χ3n) is 1.93. The van der Waals surface area contributed by atoms with E-state index in [4.69, 9.17) is 0 Å². The Hall–Kier alpha value is -1.38. The van der Waals surface area contributed by atoms with Crippen LogP contribution in [-0.2, 0) is 9.53 Å². The zero-order chi connectivity index (χ0) is 9.84. The van der Waals surface area contributed by atoms with Crippen molar-refractivity contribution in [3.8, 4) is 0 Å². The molecule has 0 aliphatic rings. The number of benzene rings is 1. The lowest BCUT2D eigenvalue weighted by molar-refractivity contribution is -0.142. The van der Waals surface area contributed by atoms with E-state index < -0.39 is 11.9 Å². The third-order valence-corrected chi connectivity index (χ3v) is 1.93. The lowest BCUT2D eigenvalue weighted by atomic mass is 10.0. The second-order valence-corrected chi connectivity index (χ2v) is 2.77. The second kappa shape index (κ2) is 4.03. The number of carbonyl (C=O) groups is 1. The fraction of sp³-hybridized carbons (Fsp3) is 0.300. The monoisotopic (exact) mass is 182 g/mol. The van der Waals surface area contributed by atoms with Crippen molar-refractivity contribution in [2.24, 2.45) is 0 Å². The molecule has 1 aromatic carbocycles. The average Bonchev–Trinajstić information content (AvgIpc) is 2.16. The molecule has 0 aliphatic heterocycles. The van der Waals surface area contributed by atoms with E-state index in [1.165, 1.54) is 13.2 Å². The van der Waals surface area contributed by atoms with Crippen molar-refractivity contribution in [2.75, 3.05) is 7.11 Å². The Morgan fingerprint density at radius 1 is 1.46 bits per heavy atom. The average molecular weight is 182 g/mol. The van der Waals surface area contributed by atoms with Crippen molar-refractivity contribution in [1.29, 1.82) is 0 Å². The molecular weight excluding hydrogens is 171 g/mol. The first kappa shape index (κ1) is 9.71. The summed E-state index contributed by atoms with van der Waals surface area (Å²) in [5.41, 5.74) is 0.370. The minimum atomic E-state index is -0.550. The Balaban J connectivity index is 2.95. The maximum atomic E-state index is 13.1. The van der Waals surface area contributed by atoms with Gasteiger partial charge in [0.25, 0.3) is 0 Å². The number of ether oxygens (including phenoxy) is 1. The van der Waals surface area contributed by atoms with Crippen LogP contribution < -0.4 is 0 Å². The topological polar surface area (TPSA) is 26.3 Å². The van der Waals surface area contributed by atoms with Gasteiger partial charge < -0.3 is 4.74 Å². The maximum absolute atomic E-state index is 13.1. The molecule has 0 heterocycles. The molecule has 0 N–H and O–H groups in total. The van der Waals surface area contributed by atoms with Crippen molar-refractivity contribution in [1.82, 2.24) is 0 Å². The zero-order valence-corrected chi connectivity index (χ0v) is 7.58. The van der Waals surface area contributed by atoms with Crippen LogP contribution in [0, 0.1) is 5.82 Å². The molecule has 1 atom stereocenters. The quantitative estimate of drug-likeness (QED) is 0.655. The van der Waals surface area contributed by atoms with Gasteiger partial charge in [-0.1, -0.05) is 18.2 Å².